The third kappa shape index (κ3) is 12.3. The van der Waals surface area contributed by atoms with Crippen molar-refractivity contribution < 1.29 is 40.2 Å². The molecule has 0 aromatic carbocycles. The lowest BCUT2D eigenvalue weighted by Gasteiger charge is -2.32. The molecule has 0 heterocycles. The van der Waals surface area contributed by atoms with Crippen LogP contribution in [0.2, 0.25) is 0 Å². The Morgan fingerprint density at radius 2 is 0.684 bits per heavy atom. The lowest BCUT2D eigenvalue weighted by Crippen LogP contribution is -2.58. The second kappa shape index (κ2) is 19.7. The molecule has 0 aromatic rings. The van der Waals surface area contributed by atoms with Crippen LogP contribution in [0.25, 0.3) is 0 Å². The van der Waals surface area contributed by atoms with E-state index in [1.165, 1.54) is 32.1 Å². The van der Waals surface area contributed by atoms with Gasteiger partial charge in [0.1, 0.15) is 11.1 Å². The Labute approximate surface area is 228 Å². The van der Waals surface area contributed by atoms with E-state index >= 15 is 0 Å². The van der Waals surface area contributed by atoms with Crippen LogP contribution in [0.4, 0.5) is 0 Å². The number of aliphatic hydroxyl groups is 6. The van der Waals surface area contributed by atoms with Gasteiger partial charge in [-0.05, 0) is 25.7 Å². The molecule has 38 heavy (non-hydrogen) atoms. The van der Waals surface area contributed by atoms with Gasteiger partial charge in [0.2, 0.25) is 11.8 Å². The molecule has 10 heteroatoms. The van der Waals surface area contributed by atoms with Crippen molar-refractivity contribution >= 4 is 11.8 Å². The van der Waals surface area contributed by atoms with Gasteiger partial charge in [-0.1, -0.05) is 77.0 Å². The third-order valence-corrected chi connectivity index (χ3v) is 8.04. The van der Waals surface area contributed by atoms with Crippen molar-refractivity contribution in [2.75, 3.05) is 39.6 Å². The van der Waals surface area contributed by atoms with Crippen molar-refractivity contribution in [2.45, 2.75) is 114 Å². The maximum absolute atomic E-state index is 13.1. The molecule has 2 amide bonds. The van der Waals surface area contributed by atoms with E-state index in [9.17, 15) is 40.2 Å². The van der Waals surface area contributed by atoms with E-state index in [-0.39, 0.29) is 23.7 Å². The summed E-state index contributed by atoms with van der Waals surface area (Å²) in [7, 11) is 0. The SMILES string of the molecule is O=C(NC(CO)(CO)CO)C1CCCCCCCCCCCCCC(C(=O)NC(CO)(CO)CO)CCC1. The highest BCUT2D eigenvalue weighted by Crippen LogP contribution is 2.25. The first kappa shape index (κ1) is 34.7. The first-order valence-electron chi connectivity index (χ1n) is 14.6. The van der Waals surface area contributed by atoms with Gasteiger partial charge in [-0.3, -0.25) is 9.59 Å². The average Bonchev–Trinajstić information content (AvgIpc) is 2.94. The fourth-order valence-corrected chi connectivity index (χ4v) is 5.06. The molecular formula is C28H54N2O8. The van der Waals surface area contributed by atoms with Crippen LogP contribution in [0.15, 0.2) is 0 Å². The minimum atomic E-state index is -1.48. The molecular weight excluding hydrogens is 492 g/mol. The highest BCUT2D eigenvalue weighted by atomic mass is 16.3. The fraction of sp³-hybridized carbons (Fsp3) is 0.929. The number of aliphatic hydroxyl groups excluding tert-OH is 6. The minimum absolute atomic E-state index is 0.322. The highest BCUT2D eigenvalue weighted by molar-refractivity contribution is 5.80. The van der Waals surface area contributed by atoms with Crippen LogP contribution >= 0.6 is 0 Å². The number of hydrogen-bond donors (Lipinski definition) is 8. The van der Waals surface area contributed by atoms with E-state index in [1.807, 2.05) is 0 Å². The van der Waals surface area contributed by atoms with Crippen molar-refractivity contribution in [1.82, 2.24) is 10.6 Å². The summed E-state index contributed by atoms with van der Waals surface area (Å²) in [5, 5.41) is 63.2. The molecule has 2 atom stereocenters. The fourth-order valence-electron chi connectivity index (χ4n) is 5.06. The molecule has 0 radical (unpaired) electrons. The molecule has 1 aliphatic rings. The van der Waals surface area contributed by atoms with Crippen LogP contribution in [0.3, 0.4) is 0 Å². The van der Waals surface area contributed by atoms with Crippen molar-refractivity contribution in [1.29, 1.82) is 0 Å². The van der Waals surface area contributed by atoms with Gasteiger partial charge in [0.15, 0.2) is 0 Å². The molecule has 1 fully saturated rings. The summed E-state index contributed by atoms with van der Waals surface area (Å²) in [6.07, 6.45) is 14.9. The molecule has 0 aliphatic heterocycles. The second-order valence-electron chi connectivity index (χ2n) is 11.3. The Morgan fingerprint density at radius 3 is 0.947 bits per heavy atom. The summed E-state index contributed by atoms with van der Waals surface area (Å²) in [5.41, 5.74) is -2.96. The van der Waals surface area contributed by atoms with Crippen LogP contribution in [0, 0.1) is 11.8 Å². The molecule has 0 bridgehead atoms. The number of amides is 2. The Hall–Kier alpha value is -1.30. The number of rotatable bonds is 10. The number of nitrogens with one attached hydrogen (secondary N) is 2. The Bertz CT molecular complexity index is 572. The molecule has 0 spiro atoms. The zero-order valence-corrected chi connectivity index (χ0v) is 23.2. The smallest absolute Gasteiger partial charge is 0.223 e. The van der Waals surface area contributed by atoms with Gasteiger partial charge in [-0.25, -0.2) is 0 Å². The van der Waals surface area contributed by atoms with E-state index in [1.54, 1.807) is 0 Å². The average molecular weight is 547 g/mol. The Balaban J connectivity index is 2.96. The molecule has 2 unspecified atom stereocenters. The summed E-state index contributed by atoms with van der Waals surface area (Å²) in [5.74, 6) is -1.41. The second-order valence-corrected chi connectivity index (χ2v) is 11.3. The van der Waals surface area contributed by atoms with Gasteiger partial charge in [0.25, 0.3) is 0 Å². The van der Waals surface area contributed by atoms with E-state index < -0.39 is 50.7 Å². The minimum Gasteiger partial charge on any atom is -0.394 e. The van der Waals surface area contributed by atoms with Crippen LogP contribution in [-0.4, -0.2) is 93.2 Å². The molecule has 0 aromatic heterocycles. The van der Waals surface area contributed by atoms with Crippen LogP contribution in [0.1, 0.15) is 103 Å². The normalized spacial score (nSPS) is 22.2. The van der Waals surface area contributed by atoms with Crippen molar-refractivity contribution in [3.63, 3.8) is 0 Å². The van der Waals surface area contributed by atoms with Crippen LogP contribution in [-0.2, 0) is 9.59 Å². The summed E-state index contributed by atoms with van der Waals surface area (Å²) in [6, 6.07) is 0. The summed E-state index contributed by atoms with van der Waals surface area (Å²) in [4.78, 5) is 26.3. The number of hydrogen-bond acceptors (Lipinski definition) is 8. The van der Waals surface area contributed by atoms with Crippen LogP contribution in [0.5, 0.6) is 0 Å². The molecule has 1 saturated carbocycles. The lowest BCUT2D eigenvalue weighted by molar-refractivity contribution is -0.130. The Kier molecular flexibility index (Phi) is 18.0. The molecule has 1 aliphatic carbocycles. The van der Waals surface area contributed by atoms with Gasteiger partial charge in [-0.15, -0.1) is 0 Å². The predicted octanol–water partition coefficient (Wildman–Crippen LogP) is 1.14. The molecule has 8 N–H and O–H groups in total. The van der Waals surface area contributed by atoms with Crippen molar-refractivity contribution in [2.24, 2.45) is 11.8 Å². The van der Waals surface area contributed by atoms with Crippen LogP contribution < -0.4 is 10.6 Å². The number of carbonyl (C=O) groups is 2. The largest absolute Gasteiger partial charge is 0.394 e. The van der Waals surface area contributed by atoms with Gasteiger partial charge in [0, 0.05) is 11.8 Å². The molecule has 1 rings (SSSR count). The van der Waals surface area contributed by atoms with Gasteiger partial charge in [-0.2, -0.15) is 0 Å². The third-order valence-electron chi connectivity index (χ3n) is 8.04. The monoisotopic (exact) mass is 546 g/mol. The van der Waals surface area contributed by atoms with Crippen molar-refractivity contribution in [3.8, 4) is 0 Å². The summed E-state index contributed by atoms with van der Waals surface area (Å²) >= 11 is 0. The lowest BCUT2D eigenvalue weighted by atomic mass is 9.88. The van der Waals surface area contributed by atoms with Gasteiger partial charge < -0.3 is 41.3 Å². The molecule has 10 nitrogen and oxygen atoms in total. The number of carbonyl (C=O) groups excluding carboxylic acids is 2. The zero-order valence-electron chi connectivity index (χ0n) is 23.2. The predicted molar refractivity (Wildman–Crippen MR) is 145 cm³/mol. The maximum atomic E-state index is 13.1. The standard InChI is InChI=1S/C28H54N2O8/c31-17-27(18-32,19-33)29-25(37)23-13-10-8-6-4-2-1-3-5-7-9-11-14-24(16-12-15-23)26(38)30-28(20-34,21-35)22-36/h23-24,31-36H,1-22H2,(H,29,37)(H,30,38). The van der Waals surface area contributed by atoms with Gasteiger partial charge >= 0.3 is 0 Å². The van der Waals surface area contributed by atoms with E-state index in [0.29, 0.717) is 32.1 Å². The highest BCUT2D eigenvalue weighted by Gasteiger charge is 2.34. The first-order valence-corrected chi connectivity index (χ1v) is 14.6. The van der Waals surface area contributed by atoms with Gasteiger partial charge in [0.05, 0.1) is 39.6 Å². The van der Waals surface area contributed by atoms with Crippen molar-refractivity contribution in [3.05, 3.63) is 0 Å². The first-order chi connectivity index (χ1) is 18.3. The zero-order chi connectivity index (χ0) is 28.3. The summed E-state index contributed by atoms with van der Waals surface area (Å²) in [6.45, 7) is -3.48. The van der Waals surface area contributed by atoms with E-state index in [4.69, 9.17) is 0 Å². The van der Waals surface area contributed by atoms with E-state index in [0.717, 1.165) is 38.5 Å². The summed E-state index contributed by atoms with van der Waals surface area (Å²) < 4.78 is 0. The quantitative estimate of drug-likeness (QED) is 0.201. The molecule has 0 saturated heterocycles. The van der Waals surface area contributed by atoms with E-state index in [2.05, 4.69) is 10.6 Å². The molecule has 224 valence electrons. The Morgan fingerprint density at radius 1 is 0.447 bits per heavy atom. The topological polar surface area (TPSA) is 180 Å². The maximum Gasteiger partial charge on any atom is 0.223 e.